The van der Waals surface area contributed by atoms with Crippen LogP contribution in [0.25, 0.3) is 11.1 Å². The summed E-state index contributed by atoms with van der Waals surface area (Å²) in [5.41, 5.74) is 0.147. The predicted molar refractivity (Wildman–Crippen MR) is 67.9 cm³/mol. The van der Waals surface area contributed by atoms with Gasteiger partial charge in [0.2, 0.25) is 0 Å². The van der Waals surface area contributed by atoms with Gasteiger partial charge in [-0.3, -0.25) is 4.98 Å². The maximum absolute atomic E-state index is 13.9. The number of carbonyl (C=O) groups is 2. The summed E-state index contributed by atoms with van der Waals surface area (Å²) < 4.78 is 18.5. The molecule has 0 aliphatic carbocycles. The molecule has 0 aliphatic heterocycles. The summed E-state index contributed by atoms with van der Waals surface area (Å²) in [4.78, 5) is 26.3. The number of hydrogen-bond donors (Lipinski definition) is 1. The van der Waals surface area contributed by atoms with Crippen LogP contribution in [0.5, 0.6) is 0 Å². The molecule has 0 unspecified atom stereocenters. The maximum atomic E-state index is 13.9. The van der Waals surface area contributed by atoms with Gasteiger partial charge in [0.05, 0.1) is 18.2 Å². The van der Waals surface area contributed by atoms with Crippen LogP contribution in [0.4, 0.5) is 4.39 Å². The third kappa shape index (κ3) is 2.49. The van der Waals surface area contributed by atoms with Crippen molar-refractivity contribution in [1.29, 1.82) is 0 Å². The number of halogens is 1. The molecule has 1 aromatic heterocycles. The molecule has 2 aromatic rings. The van der Waals surface area contributed by atoms with Crippen LogP contribution >= 0.6 is 0 Å². The van der Waals surface area contributed by atoms with E-state index in [2.05, 4.69) is 9.72 Å². The standard InChI is InChI=1S/C14H10FNO4/c1-20-14(19)8-2-3-12(15)10(6-8)9-4-5-16-7-11(9)13(17)18/h2-7H,1H3,(H,17,18). The van der Waals surface area contributed by atoms with Gasteiger partial charge in [0.25, 0.3) is 0 Å². The highest BCUT2D eigenvalue weighted by Gasteiger charge is 2.17. The zero-order valence-corrected chi connectivity index (χ0v) is 10.5. The Balaban J connectivity index is 2.63. The number of methoxy groups -OCH3 is 1. The van der Waals surface area contributed by atoms with E-state index >= 15 is 0 Å². The SMILES string of the molecule is COC(=O)c1ccc(F)c(-c2ccncc2C(=O)O)c1. The fourth-order valence-corrected chi connectivity index (χ4v) is 1.78. The second-order valence-electron chi connectivity index (χ2n) is 3.91. The minimum absolute atomic E-state index is 0.00713. The number of esters is 1. The van der Waals surface area contributed by atoms with Gasteiger partial charge >= 0.3 is 11.9 Å². The lowest BCUT2D eigenvalue weighted by Gasteiger charge is -2.08. The largest absolute Gasteiger partial charge is 0.478 e. The number of aromatic carboxylic acids is 1. The molecule has 2 rings (SSSR count). The second kappa shape index (κ2) is 5.48. The number of nitrogens with zero attached hydrogens (tertiary/aromatic N) is 1. The van der Waals surface area contributed by atoms with Crippen molar-refractivity contribution in [3.8, 4) is 11.1 Å². The lowest BCUT2D eigenvalue weighted by Crippen LogP contribution is -2.04. The summed E-state index contributed by atoms with van der Waals surface area (Å²) in [6.07, 6.45) is 2.48. The predicted octanol–water partition coefficient (Wildman–Crippen LogP) is 2.37. The molecule has 0 amide bonds. The van der Waals surface area contributed by atoms with E-state index in [1.165, 1.54) is 31.5 Å². The molecular weight excluding hydrogens is 265 g/mol. The monoisotopic (exact) mass is 275 g/mol. The molecule has 20 heavy (non-hydrogen) atoms. The number of aromatic nitrogens is 1. The van der Waals surface area contributed by atoms with E-state index in [0.717, 1.165) is 12.3 Å². The number of carboxylic acid groups (broad SMARTS) is 1. The Hall–Kier alpha value is -2.76. The molecule has 6 heteroatoms. The van der Waals surface area contributed by atoms with Crippen molar-refractivity contribution < 1.29 is 23.8 Å². The number of pyridine rings is 1. The van der Waals surface area contributed by atoms with Gasteiger partial charge in [0, 0.05) is 23.5 Å². The van der Waals surface area contributed by atoms with Crippen molar-refractivity contribution in [2.45, 2.75) is 0 Å². The van der Waals surface area contributed by atoms with Crippen molar-refractivity contribution in [2.24, 2.45) is 0 Å². The van der Waals surface area contributed by atoms with Crippen molar-refractivity contribution in [2.75, 3.05) is 7.11 Å². The Morgan fingerprint density at radius 3 is 2.65 bits per heavy atom. The first-order valence-corrected chi connectivity index (χ1v) is 5.60. The van der Waals surface area contributed by atoms with Gasteiger partial charge in [-0.15, -0.1) is 0 Å². The normalized spacial score (nSPS) is 10.1. The fourth-order valence-electron chi connectivity index (χ4n) is 1.78. The van der Waals surface area contributed by atoms with Gasteiger partial charge in [-0.25, -0.2) is 14.0 Å². The van der Waals surface area contributed by atoms with E-state index in [1.807, 2.05) is 0 Å². The van der Waals surface area contributed by atoms with Gasteiger partial charge in [0.1, 0.15) is 5.82 Å². The van der Waals surface area contributed by atoms with E-state index in [1.54, 1.807) is 0 Å². The highest BCUT2D eigenvalue weighted by atomic mass is 19.1. The molecule has 0 radical (unpaired) electrons. The van der Waals surface area contributed by atoms with Gasteiger partial charge in [-0.1, -0.05) is 0 Å². The molecular formula is C14H10FNO4. The number of ether oxygens (including phenoxy) is 1. The van der Waals surface area contributed by atoms with Crippen LogP contribution in [0, 0.1) is 5.82 Å². The van der Waals surface area contributed by atoms with E-state index in [9.17, 15) is 14.0 Å². The lowest BCUT2D eigenvalue weighted by molar-refractivity contribution is 0.0600. The molecule has 0 saturated carbocycles. The number of carboxylic acids is 1. The van der Waals surface area contributed by atoms with Crippen LogP contribution in [0.2, 0.25) is 0 Å². The molecule has 0 atom stereocenters. The Labute approximate surface area is 113 Å². The molecule has 0 bridgehead atoms. The second-order valence-corrected chi connectivity index (χ2v) is 3.91. The summed E-state index contributed by atoms with van der Waals surface area (Å²) in [5, 5.41) is 9.09. The first-order valence-electron chi connectivity index (χ1n) is 5.60. The summed E-state index contributed by atoms with van der Waals surface area (Å²) >= 11 is 0. The number of rotatable bonds is 3. The molecule has 0 saturated heterocycles. The zero-order chi connectivity index (χ0) is 14.7. The highest BCUT2D eigenvalue weighted by Crippen LogP contribution is 2.27. The van der Waals surface area contributed by atoms with Crippen molar-refractivity contribution >= 4 is 11.9 Å². The summed E-state index contributed by atoms with van der Waals surface area (Å²) in [7, 11) is 1.21. The molecule has 0 aliphatic rings. The summed E-state index contributed by atoms with van der Waals surface area (Å²) in [6.45, 7) is 0. The van der Waals surface area contributed by atoms with Gasteiger partial charge < -0.3 is 9.84 Å². The van der Waals surface area contributed by atoms with Crippen molar-refractivity contribution in [1.82, 2.24) is 4.98 Å². The lowest BCUT2D eigenvalue weighted by atomic mass is 9.99. The Bertz CT molecular complexity index is 685. The average molecular weight is 275 g/mol. The third-order valence-corrected chi connectivity index (χ3v) is 2.73. The third-order valence-electron chi connectivity index (χ3n) is 2.73. The van der Waals surface area contributed by atoms with Crippen LogP contribution in [0.15, 0.2) is 36.7 Å². The van der Waals surface area contributed by atoms with Crippen molar-refractivity contribution in [3.05, 3.63) is 53.6 Å². The first kappa shape index (κ1) is 13.7. The quantitative estimate of drug-likeness (QED) is 0.870. The molecule has 1 aromatic carbocycles. The topological polar surface area (TPSA) is 76.5 Å². The number of carbonyl (C=O) groups excluding carboxylic acids is 1. The van der Waals surface area contributed by atoms with Crippen LogP contribution in [0.1, 0.15) is 20.7 Å². The van der Waals surface area contributed by atoms with E-state index in [-0.39, 0.29) is 22.3 Å². The Morgan fingerprint density at radius 2 is 2.00 bits per heavy atom. The summed E-state index contributed by atoms with van der Waals surface area (Å²) in [6, 6.07) is 4.99. The van der Waals surface area contributed by atoms with Crippen LogP contribution in [-0.2, 0) is 4.74 Å². The van der Waals surface area contributed by atoms with Crippen LogP contribution < -0.4 is 0 Å². The Kier molecular flexibility index (Phi) is 3.74. The van der Waals surface area contributed by atoms with Crippen LogP contribution in [0.3, 0.4) is 0 Å². The fraction of sp³-hybridized carbons (Fsp3) is 0.0714. The molecule has 0 fully saturated rings. The highest BCUT2D eigenvalue weighted by molar-refractivity contribution is 5.97. The van der Waals surface area contributed by atoms with Gasteiger partial charge in [-0.2, -0.15) is 0 Å². The molecule has 102 valence electrons. The minimum Gasteiger partial charge on any atom is -0.478 e. The number of hydrogen-bond acceptors (Lipinski definition) is 4. The average Bonchev–Trinajstić information content (AvgIpc) is 2.47. The van der Waals surface area contributed by atoms with E-state index < -0.39 is 17.8 Å². The van der Waals surface area contributed by atoms with Gasteiger partial charge in [-0.05, 0) is 24.3 Å². The minimum atomic E-state index is -1.23. The van der Waals surface area contributed by atoms with Crippen molar-refractivity contribution in [3.63, 3.8) is 0 Å². The van der Waals surface area contributed by atoms with E-state index in [4.69, 9.17) is 5.11 Å². The molecule has 0 spiro atoms. The zero-order valence-electron chi connectivity index (χ0n) is 10.5. The van der Waals surface area contributed by atoms with Crippen LogP contribution in [-0.4, -0.2) is 29.1 Å². The molecule has 5 nitrogen and oxygen atoms in total. The molecule has 1 heterocycles. The Morgan fingerprint density at radius 1 is 1.25 bits per heavy atom. The smallest absolute Gasteiger partial charge is 0.337 e. The first-order chi connectivity index (χ1) is 9.54. The summed E-state index contributed by atoms with van der Waals surface area (Å²) in [5.74, 6) is -2.49. The van der Waals surface area contributed by atoms with E-state index in [0.29, 0.717) is 0 Å². The van der Waals surface area contributed by atoms with Gasteiger partial charge in [0.15, 0.2) is 0 Å². The molecule has 1 N–H and O–H groups in total. The maximum Gasteiger partial charge on any atom is 0.337 e. The number of benzene rings is 1.